The Bertz CT molecular complexity index is 2540. The summed E-state index contributed by atoms with van der Waals surface area (Å²) in [5.74, 6) is 17.1. The second-order valence-corrected chi connectivity index (χ2v) is 42.5. The van der Waals surface area contributed by atoms with Gasteiger partial charge < -0.3 is 10.6 Å². The molecule has 2 N–H and O–H groups in total. The van der Waals surface area contributed by atoms with Crippen LogP contribution in [0.2, 0.25) is 0 Å². The van der Waals surface area contributed by atoms with Crippen molar-refractivity contribution in [2.75, 3.05) is 0 Å². The molecule has 0 radical (unpaired) electrons. The van der Waals surface area contributed by atoms with Crippen LogP contribution in [0.1, 0.15) is 385 Å². The molecule has 101 heavy (non-hydrogen) atoms. The van der Waals surface area contributed by atoms with Gasteiger partial charge in [-0.05, 0) is 350 Å². The molecule has 0 amide bonds. The summed E-state index contributed by atoms with van der Waals surface area (Å²) in [5, 5.41) is 23.2. The quantitative estimate of drug-likeness (QED) is 0.203. The van der Waals surface area contributed by atoms with Crippen molar-refractivity contribution in [2.24, 2.45) is 124 Å². The van der Waals surface area contributed by atoms with Crippen LogP contribution in [-0.2, 0) is 0 Å². The number of fused-ring (bicyclic) bond motifs is 9. The Hall–Kier alpha value is -0.710. The first kappa shape index (κ1) is 70.7. The van der Waals surface area contributed by atoms with Crippen LogP contribution in [-0.4, -0.2) is 93.2 Å². The van der Waals surface area contributed by atoms with E-state index in [0.717, 1.165) is 155 Å². The highest BCUT2D eigenvalue weighted by Crippen LogP contribution is 2.67. The van der Waals surface area contributed by atoms with Crippen LogP contribution >= 0.6 is 0 Å². The van der Waals surface area contributed by atoms with Crippen molar-refractivity contribution in [1.82, 2.24) is 25.3 Å². The van der Waals surface area contributed by atoms with Crippen LogP contribution in [0, 0.1) is 136 Å². The molecule has 0 spiro atoms. The molecule has 6 heteroatoms. The van der Waals surface area contributed by atoms with E-state index >= 15 is 0 Å². The lowest BCUT2D eigenvalue weighted by Crippen LogP contribution is -2.63. The Morgan fingerprint density at radius 1 is 0.198 bits per heavy atom. The van der Waals surface area contributed by atoms with E-state index in [1.54, 1.807) is 38.5 Å². The van der Waals surface area contributed by atoms with Crippen molar-refractivity contribution in [2.45, 2.75) is 464 Å². The van der Waals surface area contributed by atoms with Gasteiger partial charge in [-0.3, -0.25) is 14.7 Å². The number of nitrogens with zero attached hydrogens (tertiary/aromatic N) is 4. The van der Waals surface area contributed by atoms with Crippen molar-refractivity contribution in [3.63, 3.8) is 0 Å². The van der Waals surface area contributed by atoms with E-state index in [4.69, 9.17) is 10.6 Å². The zero-order valence-corrected chi connectivity index (χ0v) is 65.3. The number of likely N-dealkylation sites (tertiary alicyclic amines) is 3. The molecule has 566 valence electrons. The van der Waals surface area contributed by atoms with Gasteiger partial charge in [0.15, 0.2) is 0 Å². The lowest BCUT2D eigenvalue weighted by molar-refractivity contribution is -0.147. The van der Waals surface area contributed by atoms with Gasteiger partial charge in [-0.25, -0.2) is 0 Å². The third kappa shape index (κ3) is 13.8. The maximum atomic E-state index is 13.6. The molecule has 22 atom stereocenters. The van der Waals surface area contributed by atoms with Crippen molar-refractivity contribution in [3.05, 3.63) is 0 Å². The summed E-state index contributed by atoms with van der Waals surface area (Å²) < 4.78 is 0. The van der Waals surface area contributed by atoms with Crippen molar-refractivity contribution in [3.8, 4) is 6.07 Å². The Balaban J connectivity index is 0.741. The number of nitriles is 1. The van der Waals surface area contributed by atoms with Crippen LogP contribution in [0.5, 0.6) is 0 Å². The monoisotopic (exact) mass is 1380 g/mol. The second-order valence-electron chi connectivity index (χ2n) is 42.5. The molecule has 0 aromatic rings. The van der Waals surface area contributed by atoms with Crippen LogP contribution < -0.4 is 10.6 Å². The summed E-state index contributed by atoms with van der Waals surface area (Å²) in [6.45, 7) is 0. The Morgan fingerprint density at radius 3 is 0.673 bits per heavy atom. The molecule has 22 unspecified atom stereocenters. The maximum absolute atomic E-state index is 13.6. The smallest absolute Gasteiger partial charge is 0.0662 e. The number of hydrogen-bond acceptors (Lipinski definition) is 6. The first-order chi connectivity index (χ1) is 50.1. The highest BCUT2D eigenvalue weighted by atomic mass is 15.3. The van der Waals surface area contributed by atoms with E-state index < -0.39 is 0 Å². The van der Waals surface area contributed by atoms with E-state index in [1.165, 1.54) is 347 Å². The van der Waals surface area contributed by atoms with Gasteiger partial charge in [-0.15, -0.1) is 0 Å². The molecule has 5 saturated heterocycles. The van der Waals surface area contributed by atoms with Gasteiger partial charge in [0.2, 0.25) is 0 Å². The zero-order chi connectivity index (χ0) is 66.9. The van der Waals surface area contributed by atoms with E-state index in [1.807, 2.05) is 0 Å². The minimum absolute atomic E-state index is 0.244. The average Bonchev–Trinajstić information content (AvgIpc) is 1.46. The topological polar surface area (TPSA) is 57.6 Å². The standard InChI is InChI=1S/C95H156N6/c96-61-80-91(66-45-51-71(52-46-66)99-85-39-19-13-33-74(85)75-34-14-20-40-86(75)99)93(67-47-53-72(54-48-67)100-87-41-21-15-35-76(87)77-36-16-22-42-88(77)100)94(68-49-55-73(56-50-68)101-89-43-23-17-37-78(89)79-38-18-24-44-90(79)101)95(70-59-83(64-29-9-3-10-30-64)98-84(60-70)65-31-11-4-12-32-65)92(80)69-57-81(62-25-5-1-6-26-62)97-82(58-69)63-27-7-2-8-28-63/h62-95,97-98H,1-60H2. The molecular weight excluding hydrogens is 1230 g/mol. The molecule has 19 fully saturated rings. The van der Waals surface area contributed by atoms with E-state index in [2.05, 4.69) is 20.8 Å². The van der Waals surface area contributed by atoms with E-state index in [0.29, 0.717) is 41.9 Å². The fourth-order valence-electron chi connectivity index (χ4n) is 35.0. The van der Waals surface area contributed by atoms with Gasteiger partial charge in [-0.1, -0.05) is 154 Å². The average molecular weight is 1380 g/mol. The molecule has 14 aliphatic carbocycles. The van der Waals surface area contributed by atoms with Gasteiger partial charge in [0.25, 0.3) is 0 Å². The molecular formula is C95H156N6. The van der Waals surface area contributed by atoms with Crippen molar-refractivity contribution < 1.29 is 0 Å². The zero-order valence-electron chi connectivity index (χ0n) is 65.3. The predicted molar refractivity (Wildman–Crippen MR) is 417 cm³/mol. The van der Waals surface area contributed by atoms with E-state index in [-0.39, 0.29) is 5.92 Å². The Labute approximate surface area is 621 Å². The highest BCUT2D eigenvalue weighted by Gasteiger charge is 2.64. The number of nitrogens with one attached hydrogen (secondary N) is 2. The van der Waals surface area contributed by atoms with Gasteiger partial charge in [0.05, 0.1) is 12.0 Å². The molecule has 6 nitrogen and oxygen atoms in total. The molecule has 5 heterocycles. The van der Waals surface area contributed by atoms with Gasteiger partial charge in [0, 0.05) is 78.5 Å². The summed E-state index contributed by atoms with van der Waals surface area (Å²) in [7, 11) is 0. The fourth-order valence-corrected chi connectivity index (χ4v) is 35.0. The Morgan fingerprint density at radius 2 is 0.406 bits per heavy atom. The molecule has 0 aromatic heterocycles. The molecule has 19 rings (SSSR count). The van der Waals surface area contributed by atoms with Crippen LogP contribution in [0.4, 0.5) is 0 Å². The second kappa shape index (κ2) is 31.9. The summed E-state index contributed by atoms with van der Waals surface area (Å²) in [4.78, 5) is 10.2. The van der Waals surface area contributed by atoms with Crippen LogP contribution in [0.25, 0.3) is 0 Å². The molecule has 0 aromatic carbocycles. The molecule has 19 aliphatic rings. The summed E-state index contributed by atoms with van der Waals surface area (Å²) in [5.41, 5.74) is 0. The van der Waals surface area contributed by atoms with Crippen LogP contribution in [0.15, 0.2) is 0 Å². The largest absolute Gasteiger partial charge is 0.311 e. The van der Waals surface area contributed by atoms with Crippen molar-refractivity contribution in [1.29, 1.82) is 5.26 Å². The maximum Gasteiger partial charge on any atom is 0.0662 e. The van der Waals surface area contributed by atoms with Gasteiger partial charge >= 0.3 is 0 Å². The first-order valence-corrected chi connectivity index (χ1v) is 48.3. The third-order valence-corrected chi connectivity index (χ3v) is 38.6. The summed E-state index contributed by atoms with van der Waals surface area (Å²) >= 11 is 0. The highest BCUT2D eigenvalue weighted by molar-refractivity contribution is 5.17. The lowest BCUT2D eigenvalue weighted by atomic mass is 9.42. The first-order valence-electron chi connectivity index (χ1n) is 48.3. The Kier molecular flexibility index (Phi) is 22.3. The van der Waals surface area contributed by atoms with E-state index in [9.17, 15) is 5.26 Å². The predicted octanol–water partition coefficient (Wildman–Crippen LogP) is 23.0. The fraction of sp³-hybridized carbons (Fsp3) is 0.989. The lowest BCUT2D eigenvalue weighted by Gasteiger charge is -2.63. The molecule has 14 saturated carbocycles. The van der Waals surface area contributed by atoms with Gasteiger partial charge in [0.1, 0.15) is 0 Å². The molecule has 0 bridgehead atoms. The minimum atomic E-state index is 0.244. The third-order valence-electron chi connectivity index (χ3n) is 38.6. The van der Waals surface area contributed by atoms with Crippen molar-refractivity contribution >= 4 is 0 Å². The van der Waals surface area contributed by atoms with Crippen LogP contribution in [0.3, 0.4) is 0 Å². The summed E-state index contributed by atoms with van der Waals surface area (Å²) in [6.07, 6.45) is 89.8. The number of piperidine rings is 2. The number of hydrogen-bond donors (Lipinski definition) is 2. The van der Waals surface area contributed by atoms with Gasteiger partial charge in [-0.2, -0.15) is 5.26 Å². The minimum Gasteiger partial charge on any atom is -0.311 e. The molecule has 5 aliphatic heterocycles. The normalized spacial score (nSPS) is 50.6. The SMILES string of the molecule is N#CC1C(C2CCC(N3C4CCCCC4C4CCCCC43)CC2)C(C2CCC(N3C4CCCCC4C4CCCCC43)CC2)C(C2CCC(N3C4CCCCC4C4CCCCC43)CC2)C(C2CC(C3CCCCC3)NC(C3CCCCC3)C2)C1C1CC(C2CCCCC2)NC(C2CCCCC2)C1. The number of rotatable bonds is 12. The summed E-state index contributed by atoms with van der Waals surface area (Å²) in [6, 6.07) is 14.5.